The number of thiocarbonyl (C=S) groups is 1. The van der Waals surface area contributed by atoms with Crippen molar-refractivity contribution in [1.82, 2.24) is 5.32 Å². The average Bonchev–Trinajstić information content (AvgIpc) is 2.55. The maximum Gasteiger partial charge on any atom is 0.337 e. The van der Waals surface area contributed by atoms with Gasteiger partial charge < -0.3 is 15.2 Å². The molecular weight excluding hydrogens is 432 g/mol. The number of hydrogen-bond acceptors (Lipinski definition) is 4. The zero-order valence-corrected chi connectivity index (χ0v) is 15.7. The van der Waals surface area contributed by atoms with E-state index in [0.29, 0.717) is 15.2 Å². The summed E-state index contributed by atoms with van der Waals surface area (Å²) in [5.74, 6) is -1.12. The minimum absolute atomic E-state index is 0.0170. The Hall–Kier alpha value is -2.16. The number of benzene rings is 2. The fourth-order valence-electron chi connectivity index (χ4n) is 1.80. The van der Waals surface area contributed by atoms with E-state index in [-0.39, 0.29) is 23.0 Å². The standard InChI is InChI=1S/C16H12BrClN2O4S/c17-9-1-6-13(12(7-9)15(22)23)19-16(25)20-14(21)8-24-11-4-2-10(18)3-5-11/h1-7H,8H2,(H,22,23)(H2,19,20,21,25). The first-order chi connectivity index (χ1) is 11.8. The van der Waals surface area contributed by atoms with Gasteiger partial charge in [-0.25, -0.2) is 4.79 Å². The van der Waals surface area contributed by atoms with Gasteiger partial charge in [0.2, 0.25) is 0 Å². The monoisotopic (exact) mass is 442 g/mol. The number of carboxylic acids is 1. The second kappa shape index (κ2) is 8.80. The normalized spacial score (nSPS) is 10.0. The summed E-state index contributed by atoms with van der Waals surface area (Å²) in [4.78, 5) is 23.1. The Morgan fingerprint density at radius 2 is 1.88 bits per heavy atom. The third kappa shape index (κ3) is 6.00. The molecule has 25 heavy (non-hydrogen) atoms. The van der Waals surface area contributed by atoms with E-state index in [1.165, 1.54) is 12.1 Å². The van der Waals surface area contributed by atoms with Crippen LogP contribution in [-0.4, -0.2) is 28.7 Å². The molecule has 0 saturated carbocycles. The molecule has 2 aromatic carbocycles. The topological polar surface area (TPSA) is 87.7 Å². The molecule has 2 rings (SSSR count). The number of anilines is 1. The molecule has 0 spiro atoms. The van der Waals surface area contributed by atoms with Crippen molar-refractivity contribution in [3.8, 4) is 5.75 Å². The van der Waals surface area contributed by atoms with Crippen LogP contribution in [0.1, 0.15) is 10.4 Å². The molecule has 0 aliphatic heterocycles. The van der Waals surface area contributed by atoms with Crippen molar-refractivity contribution < 1.29 is 19.4 Å². The van der Waals surface area contributed by atoms with Crippen LogP contribution in [-0.2, 0) is 4.79 Å². The molecule has 130 valence electrons. The number of nitrogens with one attached hydrogen (secondary N) is 2. The van der Waals surface area contributed by atoms with E-state index in [9.17, 15) is 14.7 Å². The summed E-state index contributed by atoms with van der Waals surface area (Å²) < 4.78 is 5.91. The fraction of sp³-hybridized carbons (Fsp3) is 0.0625. The molecule has 2 aromatic rings. The maximum absolute atomic E-state index is 11.8. The van der Waals surface area contributed by atoms with E-state index in [2.05, 4.69) is 26.6 Å². The molecule has 0 unspecified atom stereocenters. The number of halogens is 2. The van der Waals surface area contributed by atoms with Gasteiger partial charge in [0.15, 0.2) is 11.7 Å². The predicted molar refractivity (Wildman–Crippen MR) is 102 cm³/mol. The fourth-order valence-corrected chi connectivity index (χ4v) is 2.51. The molecule has 6 nitrogen and oxygen atoms in total. The van der Waals surface area contributed by atoms with Gasteiger partial charge in [-0.2, -0.15) is 0 Å². The lowest BCUT2D eigenvalue weighted by Crippen LogP contribution is -2.37. The van der Waals surface area contributed by atoms with Crippen molar-refractivity contribution in [3.63, 3.8) is 0 Å². The van der Waals surface area contributed by atoms with Crippen LogP contribution in [0.15, 0.2) is 46.9 Å². The van der Waals surface area contributed by atoms with Gasteiger partial charge in [-0.3, -0.25) is 10.1 Å². The van der Waals surface area contributed by atoms with Gasteiger partial charge in [0.05, 0.1) is 11.3 Å². The Kier molecular flexibility index (Phi) is 6.74. The van der Waals surface area contributed by atoms with E-state index < -0.39 is 11.9 Å². The molecule has 0 fully saturated rings. The average molecular weight is 444 g/mol. The van der Waals surface area contributed by atoms with Crippen LogP contribution < -0.4 is 15.4 Å². The first-order valence-corrected chi connectivity index (χ1v) is 8.45. The number of carbonyl (C=O) groups is 2. The zero-order chi connectivity index (χ0) is 18.4. The third-order valence-electron chi connectivity index (χ3n) is 2.90. The second-order valence-corrected chi connectivity index (χ2v) is 6.50. The lowest BCUT2D eigenvalue weighted by atomic mass is 10.2. The lowest BCUT2D eigenvalue weighted by Gasteiger charge is -2.12. The Morgan fingerprint density at radius 1 is 1.20 bits per heavy atom. The van der Waals surface area contributed by atoms with Gasteiger partial charge in [-0.1, -0.05) is 27.5 Å². The number of aromatic carboxylic acids is 1. The SMILES string of the molecule is O=C(COc1ccc(Cl)cc1)NC(=S)Nc1ccc(Br)cc1C(=O)O. The molecule has 0 heterocycles. The van der Waals surface area contributed by atoms with Crippen LogP contribution in [0, 0.1) is 0 Å². The molecule has 0 saturated heterocycles. The van der Waals surface area contributed by atoms with Crippen LogP contribution in [0.5, 0.6) is 5.75 Å². The van der Waals surface area contributed by atoms with Crippen LogP contribution in [0.25, 0.3) is 0 Å². The van der Waals surface area contributed by atoms with Crippen LogP contribution in [0.3, 0.4) is 0 Å². The number of carboxylic acid groups (broad SMARTS) is 1. The molecular formula is C16H12BrClN2O4S. The molecule has 9 heteroatoms. The van der Waals surface area contributed by atoms with Crippen molar-refractivity contribution in [2.45, 2.75) is 0 Å². The summed E-state index contributed by atoms with van der Waals surface area (Å²) in [5.41, 5.74) is 0.281. The summed E-state index contributed by atoms with van der Waals surface area (Å²) >= 11 is 14.0. The molecule has 0 aliphatic rings. The predicted octanol–water partition coefficient (Wildman–Crippen LogP) is 3.69. The van der Waals surface area contributed by atoms with Gasteiger partial charge in [0, 0.05) is 9.50 Å². The summed E-state index contributed by atoms with van der Waals surface area (Å²) in [5, 5.41) is 14.8. The lowest BCUT2D eigenvalue weighted by molar-refractivity contribution is -0.121. The van der Waals surface area contributed by atoms with Crippen molar-refractivity contribution in [1.29, 1.82) is 0 Å². The van der Waals surface area contributed by atoms with Crippen LogP contribution in [0.2, 0.25) is 5.02 Å². The smallest absolute Gasteiger partial charge is 0.337 e. The molecule has 1 amide bonds. The highest BCUT2D eigenvalue weighted by atomic mass is 79.9. The Labute approximate surface area is 162 Å². The third-order valence-corrected chi connectivity index (χ3v) is 3.85. The molecule has 0 aliphatic carbocycles. The number of ether oxygens (including phenoxy) is 1. The highest BCUT2D eigenvalue weighted by Crippen LogP contribution is 2.21. The van der Waals surface area contributed by atoms with E-state index in [0.717, 1.165) is 0 Å². The van der Waals surface area contributed by atoms with E-state index in [4.69, 9.17) is 28.6 Å². The van der Waals surface area contributed by atoms with E-state index in [1.54, 1.807) is 30.3 Å². The Morgan fingerprint density at radius 3 is 2.52 bits per heavy atom. The van der Waals surface area contributed by atoms with Gasteiger partial charge in [-0.05, 0) is 54.7 Å². The maximum atomic E-state index is 11.8. The highest BCUT2D eigenvalue weighted by Gasteiger charge is 2.13. The quantitative estimate of drug-likeness (QED) is 0.611. The molecule has 3 N–H and O–H groups in total. The summed E-state index contributed by atoms with van der Waals surface area (Å²) in [6, 6.07) is 11.2. The van der Waals surface area contributed by atoms with Crippen LogP contribution in [0.4, 0.5) is 5.69 Å². The Bertz CT molecular complexity index is 814. The molecule has 0 radical (unpaired) electrons. The number of hydrogen-bond donors (Lipinski definition) is 3. The molecule has 0 bridgehead atoms. The van der Waals surface area contributed by atoms with Crippen molar-refractivity contribution in [3.05, 3.63) is 57.5 Å². The summed E-state index contributed by atoms with van der Waals surface area (Å²) in [6.07, 6.45) is 0. The van der Waals surface area contributed by atoms with Gasteiger partial charge in [0.25, 0.3) is 5.91 Å². The minimum Gasteiger partial charge on any atom is -0.484 e. The molecule has 0 atom stereocenters. The number of amides is 1. The van der Waals surface area contributed by atoms with Gasteiger partial charge in [-0.15, -0.1) is 0 Å². The molecule has 0 aromatic heterocycles. The van der Waals surface area contributed by atoms with Crippen molar-refractivity contribution in [2.75, 3.05) is 11.9 Å². The summed E-state index contributed by atoms with van der Waals surface area (Å²) in [6.45, 7) is -0.254. The van der Waals surface area contributed by atoms with Crippen LogP contribution >= 0.6 is 39.7 Å². The minimum atomic E-state index is -1.12. The zero-order valence-electron chi connectivity index (χ0n) is 12.6. The van der Waals surface area contributed by atoms with Crippen molar-refractivity contribution >= 4 is 62.4 Å². The van der Waals surface area contributed by atoms with Crippen molar-refractivity contribution in [2.24, 2.45) is 0 Å². The van der Waals surface area contributed by atoms with E-state index >= 15 is 0 Å². The number of rotatable bonds is 5. The first-order valence-electron chi connectivity index (χ1n) is 6.87. The van der Waals surface area contributed by atoms with Gasteiger partial charge in [0.1, 0.15) is 5.75 Å². The number of carbonyl (C=O) groups excluding carboxylic acids is 1. The highest BCUT2D eigenvalue weighted by molar-refractivity contribution is 9.10. The Balaban J connectivity index is 1.90. The van der Waals surface area contributed by atoms with Gasteiger partial charge >= 0.3 is 5.97 Å². The largest absolute Gasteiger partial charge is 0.484 e. The summed E-state index contributed by atoms with van der Waals surface area (Å²) in [7, 11) is 0. The second-order valence-electron chi connectivity index (χ2n) is 4.74. The first kappa shape index (κ1) is 19.2. The van der Waals surface area contributed by atoms with E-state index in [1.807, 2.05) is 0 Å².